The predicted octanol–water partition coefficient (Wildman–Crippen LogP) is 3.61. The Labute approximate surface area is 162 Å². The summed E-state index contributed by atoms with van der Waals surface area (Å²) in [5.74, 6) is -0.0844. The monoisotopic (exact) mass is 385 g/mol. The highest BCUT2D eigenvalue weighted by Gasteiger charge is 2.20. The Morgan fingerprint density at radius 2 is 1.85 bits per heavy atom. The van der Waals surface area contributed by atoms with Crippen molar-refractivity contribution in [2.24, 2.45) is 0 Å². The van der Waals surface area contributed by atoms with Crippen LogP contribution in [0, 0.1) is 10.1 Å². The first kappa shape index (κ1) is 19.1. The van der Waals surface area contributed by atoms with Crippen LogP contribution in [0.15, 0.2) is 54.6 Å². The van der Waals surface area contributed by atoms with Crippen LogP contribution in [0.1, 0.15) is 11.1 Å². The maximum Gasteiger partial charge on any atom is 0.270 e. The molecule has 1 heterocycles. The molecule has 1 aliphatic rings. The van der Waals surface area contributed by atoms with Gasteiger partial charge in [-0.1, -0.05) is 41.9 Å². The fourth-order valence-corrected chi connectivity index (χ4v) is 3.20. The lowest BCUT2D eigenvalue weighted by atomic mass is 10.1. The molecule has 7 heteroatoms. The number of nitro groups is 1. The minimum atomic E-state index is -0.447. The van der Waals surface area contributed by atoms with Gasteiger partial charge in [0, 0.05) is 56.0 Å². The van der Waals surface area contributed by atoms with Crippen LogP contribution in [0.25, 0.3) is 6.08 Å². The van der Waals surface area contributed by atoms with Gasteiger partial charge in [-0.25, -0.2) is 0 Å². The normalized spacial score (nSPS) is 15.2. The van der Waals surface area contributed by atoms with Gasteiger partial charge < -0.3 is 4.90 Å². The number of halogens is 1. The summed E-state index contributed by atoms with van der Waals surface area (Å²) in [5, 5.41) is 11.6. The summed E-state index contributed by atoms with van der Waals surface area (Å²) >= 11 is 6.21. The van der Waals surface area contributed by atoms with E-state index in [0.717, 1.165) is 30.2 Å². The first-order chi connectivity index (χ1) is 13.0. The Balaban J connectivity index is 1.53. The molecule has 1 aliphatic heterocycles. The topological polar surface area (TPSA) is 66.7 Å². The second-order valence-corrected chi connectivity index (χ2v) is 6.79. The van der Waals surface area contributed by atoms with E-state index in [0.29, 0.717) is 18.7 Å². The molecule has 3 rings (SSSR count). The third kappa shape index (κ3) is 5.15. The molecule has 0 aliphatic carbocycles. The van der Waals surface area contributed by atoms with Crippen molar-refractivity contribution in [1.29, 1.82) is 0 Å². The van der Waals surface area contributed by atoms with Crippen molar-refractivity contribution in [2.45, 2.75) is 6.54 Å². The molecule has 6 nitrogen and oxygen atoms in total. The molecule has 0 spiro atoms. The number of amides is 1. The standard InChI is InChI=1S/C20H20ClN3O3/c21-19-7-2-1-5-17(19)15-22-10-12-23(13-11-22)20(25)9-8-16-4-3-6-18(14-16)24(26)27/h1-9,14H,10-13,15H2/b9-8+. The number of nitro benzene ring substituents is 1. The smallest absolute Gasteiger partial charge is 0.270 e. The summed E-state index contributed by atoms with van der Waals surface area (Å²) < 4.78 is 0. The van der Waals surface area contributed by atoms with Crippen molar-refractivity contribution in [3.05, 3.63) is 80.9 Å². The van der Waals surface area contributed by atoms with E-state index in [1.54, 1.807) is 23.1 Å². The number of nitrogens with zero attached hydrogens (tertiary/aromatic N) is 3. The van der Waals surface area contributed by atoms with Gasteiger partial charge in [0.05, 0.1) is 4.92 Å². The maximum atomic E-state index is 12.4. The van der Waals surface area contributed by atoms with Crippen LogP contribution in [-0.4, -0.2) is 46.8 Å². The minimum Gasteiger partial charge on any atom is -0.337 e. The highest BCUT2D eigenvalue weighted by molar-refractivity contribution is 6.31. The minimum absolute atomic E-state index is 0.0118. The molecule has 0 unspecified atom stereocenters. The fraction of sp³-hybridized carbons (Fsp3) is 0.250. The van der Waals surface area contributed by atoms with Crippen LogP contribution < -0.4 is 0 Å². The highest BCUT2D eigenvalue weighted by atomic mass is 35.5. The molecule has 27 heavy (non-hydrogen) atoms. The molecular weight excluding hydrogens is 366 g/mol. The third-order valence-electron chi connectivity index (χ3n) is 4.54. The van der Waals surface area contributed by atoms with Crippen molar-refractivity contribution in [2.75, 3.05) is 26.2 Å². The second-order valence-electron chi connectivity index (χ2n) is 6.38. The Morgan fingerprint density at radius 1 is 1.11 bits per heavy atom. The Kier molecular flexibility index (Phi) is 6.21. The number of carbonyl (C=O) groups excluding carboxylic acids is 1. The molecule has 1 fully saturated rings. The molecule has 1 amide bonds. The van der Waals surface area contributed by atoms with E-state index >= 15 is 0 Å². The van der Waals surface area contributed by atoms with E-state index < -0.39 is 4.92 Å². The van der Waals surface area contributed by atoms with E-state index in [1.807, 2.05) is 24.3 Å². The summed E-state index contributed by atoms with van der Waals surface area (Å²) in [7, 11) is 0. The first-order valence-electron chi connectivity index (χ1n) is 8.70. The van der Waals surface area contributed by atoms with Crippen molar-refractivity contribution in [1.82, 2.24) is 9.80 Å². The van der Waals surface area contributed by atoms with Gasteiger partial charge in [-0.2, -0.15) is 0 Å². The summed E-state index contributed by atoms with van der Waals surface area (Å²) in [6.45, 7) is 3.61. The van der Waals surface area contributed by atoms with Crippen LogP contribution in [-0.2, 0) is 11.3 Å². The third-order valence-corrected chi connectivity index (χ3v) is 4.90. The average Bonchev–Trinajstić information content (AvgIpc) is 2.68. The SMILES string of the molecule is O=C(/C=C/c1cccc([N+](=O)[O-])c1)N1CCN(Cc2ccccc2Cl)CC1. The highest BCUT2D eigenvalue weighted by Crippen LogP contribution is 2.18. The van der Waals surface area contributed by atoms with Crippen molar-refractivity contribution in [3.63, 3.8) is 0 Å². The number of hydrogen-bond acceptors (Lipinski definition) is 4. The van der Waals surface area contributed by atoms with Gasteiger partial charge in [0.1, 0.15) is 0 Å². The molecule has 0 atom stereocenters. The molecule has 0 N–H and O–H groups in total. The predicted molar refractivity (Wildman–Crippen MR) is 105 cm³/mol. The summed E-state index contributed by atoms with van der Waals surface area (Å²) in [4.78, 5) is 26.8. The Bertz CT molecular complexity index is 861. The van der Waals surface area contributed by atoms with Crippen LogP contribution >= 0.6 is 11.6 Å². The molecular formula is C20H20ClN3O3. The number of piperazine rings is 1. The number of hydrogen-bond donors (Lipinski definition) is 0. The largest absolute Gasteiger partial charge is 0.337 e. The zero-order chi connectivity index (χ0) is 19.2. The number of non-ortho nitro benzene ring substituents is 1. The van der Waals surface area contributed by atoms with E-state index in [2.05, 4.69) is 4.90 Å². The second kappa shape index (κ2) is 8.79. The molecule has 0 radical (unpaired) electrons. The lowest BCUT2D eigenvalue weighted by molar-refractivity contribution is -0.384. The quantitative estimate of drug-likeness (QED) is 0.448. The van der Waals surface area contributed by atoms with Crippen LogP contribution in [0.2, 0.25) is 5.02 Å². The van der Waals surface area contributed by atoms with Gasteiger partial charge in [-0.15, -0.1) is 0 Å². The lowest BCUT2D eigenvalue weighted by Gasteiger charge is -2.34. The van der Waals surface area contributed by atoms with Gasteiger partial charge in [-0.05, 0) is 23.3 Å². The van der Waals surface area contributed by atoms with Crippen LogP contribution in [0.3, 0.4) is 0 Å². The van der Waals surface area contributed by atoms with Gasteiger partial charge >= 0.3 is 0 Å². The molecule has 0 aromatic heterocycles. The first-order valence-corrected chi connectivity index (χ1v) is 9.08. The average molecular weight is 386 g/mol. The van der Waals surface area contributed by atoms with E-state index in [4.69, 9.17) is 11.6 Å². The van der Waals surface area contributed by atoms with Crippen molar-refractivity contribution >= 4 is 29.3 Å². The summed E-state index contributed by atoms with van der Waals surface area (Å²) in [5.41, 5.74) is 1.73. The van der Waals surface area contributed by atoms with E-state index in [-0.39, 0.29) is 11.6 Å². The lowest BCUT2D eigenvalue weighted by Crippen LogP contribution is -2.47. The van der Waals surface area contributed by atoms with Gasteiger partial charge in [0.2, 0.25) is 5.91 Å². The molecule has 140 valence electrons. The van der Waals surface area contributed by atoms with E-state index in [1.165, 1.54) is 18.2 Å². The number of rotatable bonds is 5. The van der Waals surface area contributed by atoms with Gasteiger partial charge in [-0.3, -0.25) is 19.8 Å². The Hall–Kier alpha value is -2.70. The van der Waals surface area contributed by atoms with Crippen LogP contribution in [0.5, 0.6) is 0 Å². The Morgan fingerprint density at radius 3 is 2.56 bits per heavy atom. The van der Waals surface area contributed by atoms with Gasteiger partial charge in [0.25, 0.3) is 5.69 Å². The number of carbonyl (C=O) groups is 1. The summed E-state index contributed by atoms with van der Waals surface area (Å²) in [6, 6.07) is 14.0. The fourth-order valence-electron chi connectivity index (χ4n) is 3.01. The molecule has 0 saturated carbocycles. The number of benzene rings is 2. The zero-order valence-electron chi connectivity index (χ0n) is 14.8. The molecule has 1 saturated heterocycles. The molecule has 2 aromatic carbocycles. The van der Waals surface area contributed by atoms with Gasteiger partial charge in [0.15, 0.2) is 0 Å². The van der Waals surface area contributed by atoms with Crippen molar-refractivity contribution in [3.8, 4) is 0 Å². The molecule has 0 bridgehead atoms. The zero-order valence-corrected chi connectivity index (χ0v) is 15.5. The molecule has 2 aromatic rings. The van der Waals surface area contributed by atoms with Crippen LogP contribution in [0.4, 0.5) is 5.69 Å². The van der Waals surface area contributed by atoms with E-state index in [9.17, 15) is 14.9 Å². The van der Waals surface area contributed by atoms with Crippen molar-refractivity contribution < 1.29 is 9.72 Å². The summed E-state index contributed by atoms with van der Waals surface area (Å²) in [6.07, 6.45) is 3.09. The maximum absolute atomic E-state index is 12.4.